The molecule has 0 aliphatic rings. The zero-order valence-electron chi connectivity index (χ0n) is 11.0. The van der Waals surface area contributed by atoms with Crippen LogP contribution in [-0.4, -0.2) is 21.1 Å². The van der Waals surface area contributed by atoms with Gasteiger partial charge < -0.3 is 11.1 Å². The maximum atomic E-state index is 12.0. The molecule has 4 N–H and O–H groups in total. The Hall–Kier alpha value is -1.89. The van der Waals surface area contributed by atoms with Crippen LogP contribution < -0.4 is 11.1 Å². The van der Waals surface area contributed by atoms with E-state index in [0.717, 1.165) is 28.4 Å². The molecule has 2 aromatic rings. The van der Waals surface area contributed by atoms with Gasteiger partial charge in [0.05, 0.1) is 22.9 Å². The van der Waals surface area contributed by atoms with E-state index in [0.29, 0.717) is 12.2 Å². The van der Waals surface area contributed by atoms with Crippen LogP contribution in [0, 0.1) is 6.92 Å². The predicted molar refractivity (Wildman–Crippen MR) is 75.0 cm³/mol. The molecule has 0 saturated carbocycles. The molecule has 1 amide bonds. The van der Waals surface area contributed by atoms with Crippen molar-refractivity contribution in [3.8, 4) is 0 Å². The van der Waals surface area contributed by atoms with E-state index in [1.54, 1.807) is 17.5 Å². The summed E-state index contributed by atoms with van der Waals surface area (Å²) in [5, 5.41) is 10.6. The number of H-pyrrole nitrogens is 1. The standard InChI is InChI=1S/C12H17N5OS/c1-3-4-9-10(13)11(17-16-9)12(18)15-6-8-5-14-7(2)19-8/h5H,3-4,6,13H2,1-2H3,(H,15,18)(H,16,17). The summed E-state index contributed by atoms with van der Waals surface area (Å²) in [6.45, 7) is 4.42. The fourth-order valence-corrected chi connectivity index (χ4v) is 2.47. The lowest BCUT2D eigenvalue weighted by atomic mass is 10.2. The minimum Gasteiger partial charge on any atom is -0.395 e. The van der Waals surface area contributed by atoms with E-state index in [9.17, 15) is 4.79 Å². The maximum absolute atomic E-state index is 12.0. The van der Waals surface area contributed by atoms with Gasteiger partial charge in [0.1, 0.15) is 0 Å². The third-order valence-corrected chi connectivity index (χ3v) is 3.60. The number of thiazole rings is 1. The van der Waals surface area contributed by atoms with Gasteiger partial charge in [-0.15, -0.1) is 11.3 Å². The lowest BCUT2D eigenvalue weighted by Gasteiger charge is -2.01. The van der Waals surface area contributed by atoms with Crippen molar-refractivity contribution in [1.29, 1.82) is 0 Å². The number of nitrogen functional groups attached to an aromatic ring is 1. The van der Waals surface area contributed by atoms with Crippen LogP contribution in [0.25, 0.3) is 0 Å². The number of carbonyl (C=O) groups is 1. The number of aromatic nitrogens is 3. The number of nitrogens with one attached hydrogen (secondary N) is 2. The molecule has 0 unspecified atom stereocenters. The molecule has 2 rings (SSSR count). The van der Waals surface area contributed by atoms with Crippen molar-refractivity contribution in [1.82, 2.24) is 20.5 Å². The monoisotopic (exact) mass is 279 g/mol. The Labute approximate surface area is 115 Å². The molecule has 2 heterocycles. The average Bonchev–Trinajstić information content (AvgIpc) is 2.95. The van der Waals surface area contributed by atoms with Crippen molar-refractivity contribution < 1.29 is 4.79 Å². The highest BCUT2D eigenvalue weighted by atomic mass is 32.1. The quantitative estimate of drug-likeness (QED) is 0.775. The Morgan fingerprint density at radius 3 is 3.00 bits per heavy atom. The third-order valence-electron chi connectivity index (χ3n) is 2.69. The molecular weight excluding hydrogens is 262 g/mol. The number of nitrogens with two attached hydrogens (primary N) is 1. The van der Waals surface area contributed by atoms with E-state index >= 15 is 0 Å². The number of nitrogens with zero attached hydrogens (tertiary/aromatic N) is 2. The van der Waals surface area contributed by atoms with Crippen LogP contribution in [-0.2, 0) is 13.0 Å². The van der Waals surface area contributed by atoms with Crippen LogP contribution in [0.3, 0.4) is 0 Å². The molecule has 19 heavy (non-hydrogen) atoms. The van der Waals surface area contributed by atoms with E-state index in [4.69, 9.17) is 5.73 Å². The van der Waals surface area contributed by atoms with Gasteiger partial charge in [-0.1, -0.05) is 13.3 Å². The van der Waals surface area contributed by atoms with E-state index in [1.807, 2.05) is 13.8 Å². The summed E-state index contributed by atoms with van der Waals surface area (Å²) < 4.78 is 0. The van der Waals surface area contributed by atoms with Crippen LogP contribution >= 0.6 is 11.3 Å². The molecular formula is C12H17N5OS. The summed E-state index contributed by atoms with van der Waals surface area (Å²) in [4.78, 5) is 17.1. The number of hydrogen-bond donors (Lipinski definition) is 3. The highest BCUT2D eigenvalue weighted by Crippen LogP contribution is 2.16. The van der Waals surface area contributed by atoms with Crippen molar-refractivity contribution in [3.05, 3.63) is 27.5 Å². The van der Waals surface area contributed by atoms with Gasteiger partial charge in [0.2, 0.25) is 0 Å². The fraction of sp³-hybridized carbons (Fsp3) is 0.417. The van der Waals surface area contributed by atoms with Crippen LogP contribution in [0.15, 0.2) is 6.20 Å². The second-order valence-corrected chi connectivity index (χ2v) is 5.56. The Bertz CT molecular complexity index is 574. The smallest absolute Gasteiger partial charge is 0.274 e. The number of anilines is 1. The molecule has 0 saturated heterocycles. The molecule has 0 aliphatic carbocycles. The SMILES string of the molecule is CCCc1[nH]nc(C(=O)NCc2cnc(C)s2)c1N. The second kappa shape index (κ2) is 5.83. The summed E-state index contributed by atoms with van der Waals surface area (Å²) in [5.74, 6) is -0.262. The minimum atomic E-state index is -0.262. The Balaban J connectivity index is 2.00. The van der Waals surface area contributed by atoms with E-state index < -0.39 is 0 Å². The van der Waals surface area contributed by atoms with Crippen molar-refractivity contribution in [3.63, 3.8) is 0 Å². The largest absolute Gasteiger partial charge is 0.395 e. The molecule has 0 spiro atoms. The van der Waals surface area contributed by atoms with Crippen LogP contribution in [0.1, 0.15) is 39.4 Å². The van der Waals surface area contributed by atoms with Gasteiger partial charge in [0, 0.05) is 11.1 Å². The van der Waals surface area contributed by atoms with Gasteiger partial charge in [-0.3, -0.25) is 9.89 Å². The molecule has 2 aromatic heterocycles. The fourth-order valence-electron chi connectivity index (χ4n) is 1.74. The first kappa shape index (κ1) is 13.5. The molecule has 0 bridgehead atoms. The Morgan fingerprint density at radius 1 is 1.58 bits per heavy atom. The zero-order valence-corrected chi connectivity index (χ0v) is 11.8. The van der Waals surface area contributed by atoms with Gasteiger partial charge in [-0.05, 0) is 13.3 Å². The molecule has 0 radical (unpaired) electrons. The highest BCUT2D eigenvalue weighted by molar-refractivity contribution is 7.11. The van der Waals surface area contributed by atoms with E-state index in [2.05, 4.69) is 20.5 Å². The molecule has 6 nitrogen and oxygen atoms in total. The highest BCUT2D eigenvalue weighted by Gasteiger charge is 2.16. The predicted octanol–water partition coefficient (Wildman–Crippen LogP) is 1.64. The summed E-state index contributed by atoms with van der Waals surface area (Å²) in [5.41, 5.74) is 7.43. The number of hydrogen-bond acceptors (Lipinski definition) is 5. The summed E-state index contributed by atoms with van der Waals surface area (Å²) in [6.07, 6.45) is 3.50. The average molecular weight is 279 g/mol. The van der Waals surface area contributed by atoms with Gasteiger partial charge in [0.25, 0.3) is 5.91 Å². The summed E-state index contributed by atoms with van der Waals surface area (Å²) in [7, 11) is 0. The Morgan fingerprint density at radius 2 is 2.37 bits per heavy atom. The first-order valence-electron chi connectivity index (χ1n) is 6.14. The molecule has 0 aliphatic heterocycles. The summed E-state index contributed by atoms with van der Waals surface area (Å²) >= 11 is 1.56. The molecule has 7 heteroatoms. The maximum Gasteiger partial charge on any atom is 0.274 e. The van der Waals surface area contributed by atoms with Crippen molar-refractivity contribution in [2.75, 3.05) is 5.73 Å². The molecule has 0 fully saturated rings. The van der Waals surface area contributed by atoms with E-state index in [1.165, 1.54) is 0 Å². The second-order valence-electron chi connectivity index (χ2n) is 4.24. The molecule has 0 aromatic carbocycles. The minimum absolute atomic E-state index is 0.262. The Kier molecular flexibility index (Phi) is 4.16. The number of amides is 1. The molecule has 102 valence electrons. The summed E-state index contributed by atoms with van der Waals surface area (Å²) in [6, 6.07) is 0. The van der Waals surface area contributed by atoms with Crippen molar-refractivity contribution in [2.45, 2.75) is 33.2 Å². The number of aromatic amines is 1. The number of carbonyl (C=O) groups excluding carboxylic acids is 1. The number of rotatable bonds is 5. The third kappa shape index (κ3) is 3.11. The van der Waals surface area contributed by atoms with Gasteiger partial charge in [-0.2, -0.15) is 5.10 Å². The van der Waals surface area contributed by atoms with Crippen LogP contribution in [0.2, 0.25) is 0 Å². The van der Waals surface area contributed by atoms with Crippen LogP contribution in [0.4, 0.5) is 5.69 Å². The lowest BCUT2D eigenvalue weighted by molar-refractivity contribution is 0.0947. The zero-order chi connectivity index (χ0) is 13.8. The first-order chi connectivity index (χ1) is 9.11. The van der Waals surface area contributed by atoms with Crippen LogP contribution in [0.5, 0.6) is 0 Å². The van der Waals surface area contributed by atoms with Crippen molar-refractivity contribution in [2.24, 2.45) is 0 Å². The number of aryl methyl sites for hydroxylation is 2. The normalized spacial score (nSPS) is 10.6. The first-order valence-corrected chi connectivity index (χ1v) is 6.95. The van der Waals surface area contributed by atoms with E-state index in [-0.39, 0.29) is 11.6 Å². The van der Waals surface area contributed by atoms with Crippen molar-refractivity contribution >= 4 is 22.9 Å². The van der Waals surface area contributed by atoms with Gasteiger partial charge in [-0.25, -0.2) is 4.98 Å². The molecule has 0 atom stereocenters. The topological polar surface area (TPSA) is 96.7 Å². The van der Waals surface area contributed by atoms with Gasteiger partial charge >= 0.3 is 0 Å². The lowest BCUT2D eigenvalue weighted by Crippen LogP contribution is -2.23. The van der Waals surface area contributed by atoms with Gasteiger partial charge in [0.15, 0.2) is 5.69 Å².